The molecule has 1 aromatic rings. The molecule has 0 saturated carbocycles. The van der Waals surface area contributed by atoms with Gasteiger partial charge in [-0.05, 0) is 38.8 Å². The van der Waals surface area contributed by atoms with E-state index >= 15 is 0 Å². The Bertz CT molecular complexity index is 575. The molecule has 0 aliphatic rings. The summed E-state index contributed by atoms with van der Waals surface area (Å²) < 4.78 is 61.6. The molecular weight excluding hydrogens is 369 g/mol. The molecule has 0 saturated heterocycles. The van der Waals surface area contributed by atoms with Crippen LogP contribution in [0.3, 0.4) is 0 Å². The number of aryl methyl sites for hydroxylation is 1. The Labute approximate surface area is 152 Å². The fourth-order valence-electron chi connectivity index (χ4n) is 2.68. The molecule has 0 bridgehead atoms. The van der Waals surface area contributed by atoms with Crippen LogP contribution < -0.4 is 0 Å². The maximum absolute atomic E-state index is 13.3. The molecule has 0 amide bonds. The highest BCUT2D eigenvalue weighted by molar-refractivity contribution is 6.60. The van der Waals surface area contributed by atoms with Gasteiger partial charge >= 0.3 is 21.0 Å². The number of carbonyl (C=O) groups is 1. The van der Waals surface area contributed by atoms with Gasteiger partial charge in [0.1, 0.15) is 0 Å². The van der Waals surface area contributed by atoms with Crippen LogP contribution in [0.4, 0.5) is 13.2 Å². The molecule has 0 unspecified atom stereocenters. The molecule has 0 heterocycles. The number of rotatable bonds is 10. The Morgan fingerprint density at radius 3 is 2.00 bits per heavy atom. The molecule has 5 nitrogen and oxygen atoms in total. The number of alkyl halides is 3. The summed E-state index contributed by atoms with van der Waals surface area (Å²) >= 11 is 0. The van der Waals surface area contributed by atoms with Crippen molar-refractivity contribution in [2.75, 3.05) is 26.9 Å². The maximum atomic E-state index is 13.3. The van der Waals surface area contributed by atoms with Gasteiger partial charge in [-0.15, -0.1) is 0 Å². The second-order valence-corrected chi connectivity index (χ2v) is 8.04. The lowest BCUT2D eigenvalue weighted by molar-refractivity contribution is -0.138. The second-order valence-electron chi connectivity index (χ2n) is 5.31. The number of ether oxygens (including phenoxy) is 1. The van der Waals surface area contributed by atoms with Gasteiger partial charge in [-0.2, -0.15) is 13.2 Å². The monoisotopic (exact) mass is 394 g/mol. The SMILES string of the molecule is CCO[Si](CCc1cccc(C(F)(F)F)c1C(=O)OC)(OCC)OCC. The number of hydrogen-bond acceptors (Lipinski definition) is 5. The predicted octanol–water partition coefficient (Wildman–Crippen LogP) is 4.08. The highest BCUT2D eigenvalue weighted by Crippen LogP contribution is 2.34. The molecular formula is C17H25F3O5Si. The van der Waals surface area contributed by atoms with E-state index in [4.69, 9.17) is 13.3 Å². The number of esters is 1. The van der Waals surface area contributed by atoms with Gasteiger partial charge in [0.25, 0.3) is 0 Å². The molecule has 148 valence electrons. The average molecular weight is 394 g/mol. The first-order valence-corrected chi connectivity index (χ1v) is 10.4. The summed E-state index contributed by atoms with van der Waals surface area (Å²) in [5, 5.41) is 0. The van der Waals surface area contributed by atoms with Crippen LogP contribution in [-0.4, -0.2) is 41.7 Å². The third-order valence-electron chi connectivity index (χ3n) is 3.64. The van der Waals surface area contributed by atoms with Gasteiger partial charge in [0.05, 0.1) is 18.2 Å². The zero-order valence-electron chi connectivity index (χ0n) is 15.4. The van der Waals surface area contributed by atoms with Crippen LogP contribution >= 0.6 is 0 Å². The van der Waals surface area contributed by atoms with E-state index in [0.717, 1.165) is 13.2 Å². The molecule has 1 rings (SSSR count). The third kappa shape index (κ3) is 5.80. The molecule has 9 heteroatoms. The van der Waals surface area contributed by atoms with E-state index in [-0.39, 0.29) is 18.0 Å². The Morgan fingerprint density at radius 2 is 1.58 bits per heavy atom. The fraction of sp³-hybridized carbons (Fsp3) is 0.588. The molecule has 0 radical (unpaired) electrons. The standard InChI is InChI=1S/C17H25F3O5Si/c1-5-23-26(24-6-2,25-7-3)12-11-13-9-8-10-14(17(18,19)20)15(13)16(21)22-4/h8-10H,5-7,11-12H2,1-4H3. The Kier molecular flexibility index (Phi) is 8.74. The van der Waals surface area contributed by atoms with Crippen LogP contribution in [0.25, 0.3) is 0 Å². The van der Waals surface area contributed by atoms with Gasteiger partial charge in [-0.1, -0.05) is 12.1 Å². The molecule has 26 heavy (non-hydrogen) atoms. The topological polar surface area (TPSA) is 54.0 Å². The molecule has 0 aromatic heterocycles. The van der Waals surface area contributed by atoms with E-state index < -0.39 is 32.1 Å². The van der Waals surface area contributed by atoms with E-state index in [1.54, 1.807) is 20.8 Å². The molecule has 0 aliphatic carbocycles. The van der Waals surface area contributed by atoms with E-state index in [0.29, 0.717) is 19.8 Å². The number of benzene rings is 1. The molecule has 0 spiro atoms. The van der Waals surface area contributed by atoms with Crippen LogP contribution in [0.5, 0.6) is 0 Å². The second kappa shape index (κ2) is 10.1. The summed E-state index contributed by atoms with van der Waals surface area (Å²) in [4.78, 5) is 12.0. The first kappa shape index (κ1) is 22.6. The number of carbonyl (C=O) groups excluding carboxylic acids is 1. The first-order chi connectivity index (χ1) is 12.2. The number of methoxy groups -OCH3 is 1. The van der Waals surface area contributed by atoms with Crippen LogP contribution in [0.15, 0.2) is 18.2 Å². The average Bonchev–Trinajstić information content (AvgIpc) is 2.59. The minimum atomic E-state index is -4.66. The summed E-state index contributed by atoms with van der Waals surface area (Å²) in [7, 11) is -1.99. The quantitative estimate of drug-likeness (QED) is 0.442. The zero-order chi connectivity index (χ0) is 19.8. The van der Waals surface area contributed by atoms with Gasteiger partial charge < -0.3 is 18.0 Å². The zero-order valence-corrected chi connectivity index (χ0v) is 16.4. The summed E-state index contributed by atoms with van der Waals surface area (Å²) in [5.41, 5.74) is -1.27. The Morgan fingerprint density at radius 1 is 1.04 bits per heavy atom. The van der Waals surface area contributed by atoms with Crippen molar-refractivity contribution in [3.05, 3.63) is 34.9 Å². The van der Waals surface area contributed by atoms with Crippen LogP contribution in [0.2, 0.25) is 6.04 Å². The van der Waals surface area contributed by atoms with Crippen molar-refractivity contribution < 1.29 is 36.0 Å². The molecule has 0 atom stereocenters. The predicted molar refractivity (Wildman–Crippen MR) is 91.9 cm³/mol. The van der Waals surface area contributed by atoms with Crippen molar-refractivity contribution in [1.82, 2.24) is 0 Å². The van der Waals surface area contributed by atoms with Gasteiger partial charge in [-0.3, -0.25) is 0 Å². The summed E-state index contributed by atoms with van der Waals surface area (Å²) in [6.07, 6.45) is -4.52. The van der Waals surface area contributed by atoms with Gasteiger partial charge in [0.15, 0.2) is 0 Å². The normalized spacial score (nSPS) is 12.3. The van der Waals surface area contributed by atoms with Crippen molar-refractivity contribution in [3.8, 4) is 0 Å². The molecule has 0 N–H and O–H groups in total. The lowest BCUT2D eigenvalue weighted by atomic mass is 9.99. The largest absolute Gasteiger partial charge is 0.501 e. The number of hydrogen-bond donors (Lipinski definition) is 0. The van der Waals surface area contributed by atoms with Gasteiger partial charge in [0, 0.05) is 25.9 Å². The smallest absolute Gasteiger partial charge is 0.465 e. The summed E-state index contributed by atoms with van der Waals surface area (Å²) in [6, 6.07) is 3.88. The Balaban J connectivity index is 3.24. The van der Waals surface area contributed by atoms with Crippen molar-refractivity contribution in [2.24, 2.45) is 0 Å². The van der Waals surface area contributed by atoms with Crippen LogP contribution in [-0.2, 0) is 30.6 Å². The minimum absolute atomic E-state index is 0.139. The minimum Gasteiger partial charge on any atom is -0.465 e. The lowest BCUT2D eigenvalue weighted by Crippen LogP contribution is -2.46. The van der Waals surface area contributed by atoms with E-state index in [2.05, 4.69) is 4.74 Å². The van der Waals surface area contributed by atoms with E-state index in [1.807, 2.05) is 0 Å². The van der Waals surface area contributed by atoms with Gasteiger partial charge in [-0.25, -0.2) is 4.79 Å². The summed E-state index contributed by atoms with van der Waals surface area (Å²) in [5.74, 6) is -1.02. The first-order valence-electron chi connectivity index (χ1n) is 8.43. The van der Waals surface area contributed by atoms with Crippen molar-refractivity contribution in [3.63, 3.8) is 0 Å². The lowest BCUT2D eigenvalue weighted by Gasteiger charge is -2.28. The Hall–Kier alpha value is -1.42. The third-order valence-corrected chi connectivity index (χ3v) is 6.69. The molecule has 0 aliphatic heterocycles. The van der Waals surface area contributed by atoms with Crippen LogP contribution in [0, 0.1) is 0 Å². The van der Waals surface area contributed by atoms with Crippen molar-refractivity contribution >= 4 is 14.8 Å². The highest BCUT2D eigenvalue weighted by atomic mass is 28.4. The van der Waals surface area contributed by atoms with E-state index in [9.17, 15) is 18.0 Å². The molecule has 1 aromatic carbocycles. The van der Waals surface area contributed by atoms with Crippen molar-refractivity contribution in [2.45, 2.75) is 39.4 Å². The fourth-order valence-corrected chi connectivity index (χ4v) is 5.25. The maximum Gasteiger partial charge on any atom is 0.501 e. The van der Waals surface area contributed by atoms with E-state index in [1.165, 1.54) is 12.1 Å². The van der Waals surface area contributed by atoms with Crippen LogP contribution in [0.1, 0.15) is 42.3 Å². The van der Waals surface area contributed by atoms with Gasteiger partial charge in [0.2, 0.25) is 0 Å². The highest BCUT2D eigenvalue weighted by Gasteiger charge is 2.41. The summed E-state index contributed by atoms with van der Waals surface area (Å²) in [6.45, 7) is 6.47. The number of halogens is 3. The molecule has 0 fully saturated rings. The van der Waals surface area contributed by atoms with Crippen molar-refractivity contribution in [1.29, 1.82) is 0 Å².